The van der Waals surface area contributed by atoms with Crippen LogP contribution >= 0.6 is 0 Å². The third-order valence-corrected chi connectivity index (χ3v) is 3.63. The number of carboxylic acids is 1. The van der Waals surface area contributed by atoms with E-state index in [2.05, 4.69) is 4.72 Å². The summed E-state index contributed by atoms with van der Waals surface area (Å²) < 4.78 is 25.9. The van der Waals surface area contributed by atoms with Crippen LogP contribution in [0.15, 0.2) is 35.2 Å². The normalized spacial score (nSPS) is 11.8. The lowest BCUT2D eigenvalue weighted by molar-refractivity contribution is -0.131. The Labute approximate surface area is 106 Å². The molecular weight excluding hydrogens is 254 g/mol. The first-order valence-electron chi connectivity index (χ1n) is 5.46. The Morgan fingerprint density at radius 2 is 1.94 bits per heavy atom. The van der Waals surface area contributed by atoms with Crippen molar-refractivity contribution >= 4 is 22.1 Å². The summed E-state index contributed by atoms with van der Waals surface area (Å²) in [6.07, 6.45) is 3.12. The first kappa shape index (κ1) is 14.4. The number of hydrogen-bond donors (Lipinski definition) is 2. The number of rotatable bonds is 6. The molecule has 0 atom stereocenters. The summed E-state index contributed by atoms with van der Waals surface area (Å²) in [5.41, 5.74) is 0.631. The maximum absolute atomic E-state index is 11.7. The summed E-state index contributed by atoms with van der Waals surface area (Å²) in [6.45, 7) is 2.27. The second-order valence-corrected chi connectivity index (χ2v) is 5.41. The van der Waals surface area contributed by atoms with Crippen LogP contribution in [0.5, 0.6) is 0 Å². The number of carboxylic acid groups (broad SMARTS) is 1. The summed E-state index contributed by atoms with van der Waals surface area (Å²) in [4.78, 5) is 10.5. The first-order chi connectivity index (χ1) is 8.45. The molecule has 0 saturated heterocycles. The summed E-state index contributed by atoms with van der Waals surface area (Å²) in [5.74, 6) is -1.05. The molecule has 0 heterocycles. The molecule has 2 N–H and O–H groups in total. The van der Waals surface area contributed by atoms with Gasteiger partial charge in [-0.25, -0.2) is 17.9 Å². The van der Waals surface area contributed by atoms with Gasteiger partial charge in [0.25, 0.3) is 0 Å². The van der Waals surface area contributed by atoms with E-state index in [9.17, 15) is 13.2 Å². The van der Waals surface area contributed by atoms with Crippen LogP contribution in [0.3, 0.4) is 0 Å². The smallest absolute Gasteiger partial charge is 0.328 e. The molecular formula is C12H15NO4S. The van der Waals surface area contributed by atoms with E-state index in [1.807, 2.05) is 6.92 Å². The molecule has 0 aliphatic heterocycles. The molecule has 6 heteroatoms. The second-order valence-electron chi connectivity index (χ2n) is 3.64. The van der Waals surface area contributed by atoms with E-state index in [-0.39, 0.29) is 4.90 Å². The molecule has 0 unspecified atom stereocenters. The van der Waals surface area contributed by atoms with Crippen LogP contribution in [-0.2, 0) is 14.8 Å². The zero-order valence-corrected chi connectivity index (χ0v) is 10.8. The Kier molecular flexibility index (Phi) is 5.06. The Morgan fingerprint density at radius 1 is 1.33 bits per heavy atom. The van der Waals surface area contributed by atoms with Gasteiger partial charge in [0.1, 0.15) is 0 Å². The molecule has 18 heavy (non-hydrogen) atoms. The number of hydrogen-bond acceptors (Lipinski definition) is 3. The van der Waals surface area contributed by atoms with E-state index in [1.165, 1.54) is 18.2 Å². The van der Waals surface area contributed by atoms with E-state index in [0.29, 0.717) is 12.1 Å². The molecule has 5 nitrogen and oxygen atoms in total. The van der Waals surface area contributed by atoms with E-state index >= 15 is 0 Å². The largest absolute Gasteiger partial charge is 0.478 e. The van der Waals surface area contributed by atoms with Crippen molar-refractivity contribution in [3.8, 4) is 0 Å². The fourth-order valence-corrected chi connectivity index (χ4v) is 2.38. The number of sulfonamides is 1. The van der Waals surface area contributed by atoms with Crippen molar-refractivity contribution in [1.82, 2.24) is 4.72 Å². The van der Waals surface area contributed by atoms with Crippen molar-refractivity contribution in [2.45, 2.75) is 18.2 Å². The lowest BCUT2D eigenvalue weighted by Gasteiger charge is -2.05. The van der Waals surface area contributed by atoms with Gasteiger partial charge in [-0.05, 0) is 30.2 Å². The lowest BCUT2D eigenvalue weighted by Crippen LogP contribution is -2.24. The molecule has 0 aliphatic carbocycles. The third kappa shape index (κ3) is 4.31. The number of aliphatic carboxylic acids is 1. The fourth-order valence-electron chi connectivity index (χ4n) is 1.25. The van der Waals surface area contributed by atoms with Crippen molar-refractivity contribution in [2.24, 2.45) is 0 Å². The van der Waals surface area contributed by atoms with E-state index in [1.54, 1.807) is 12.1 Å². The monoisotopic (exact) mass is 269 g/mol. The van der Waals surface area contributed by atoms with Crippen LogP contribution in [0.4, 0.5) is 0 Å². The van der Waals surface area contributed by atoms with Crippen LogP contribution < -0.4 is 4.72 Å². The van der Waals surface area contributed by atoms with Crippen LogP contribution in [0.1, 0.15) is 18.9 Å². The molecule has 0 bridgehead atoms. The van der Waals surface area contributed by atoms with Crippen molar-refractivity contribution in [2.75, 3.05) is 6.54 Å². The molecule has 1 aromatic rings. The van der Waals surface area contributed by atoms with Gasteiger partial charge in [0.2, 0.25) is 10.0 Å². The average Bonchev–Trinajstić information content (AvgIpc) is 2.34. The van der Waals surface area contributed by atoms with Gasteiger partial charge in [0, 0.05) is 12.6 Å². The number of benzene rings is 1. The molecule has 0 amide bonds. The van der Waals surface area contributed by atoms with Crippen molar-refractivity contribution < 1.29 is 18.3 Å². The standard InChI is InChI=1S/C12H15NO4S/c1-2-9-13-18(16,17)11-6-3-10(4-7-11)5-8-12(14)15/h3-8,13H,2,9H2,1H3,(H,14,15)/b8-5+. The van der Waals surface area contributed by atoms with Gasteiger partial charge in [-0.15, -0.1) is 0 Å². The van der Waals surface area contributed by atoms with Gasteiger partial charge in [-0.2, -0.15) is 0 Å². The van der Waals surface area contributed by atoms with Crippen LogP contribution in [0.2, 0.25) is 0 Å². The summed E-state index contributed by atoms with van der Waals surface area (Å²) >= 11 is 0. The molecule has 0 fully saturated rings. The molecule has 1 aromatic carbocycles. The molecule has 98 valence electrons. The highest BCUT2D eigenvalue weighted by Crippen LogP contribution is 2.11. The molecule has 0 saturated carbocycles. The molecule has 0 spiro atoms. The van der Waals surface area contributed by atoms with Crippen LogP contribution in [0.25, 0.3) is 6.08 Å². The molecule has 1 rings (SSSR count). The minimum absolute atomic E-state index is 0.170. The van der Waals surface area contributed by atoms with E-state index < -0.39 is 16.0 Å². The maximum Gasteiger partial charge on any atom is 0.328 e. The highest BCUT2D eigenvalue weighted by molar-refractivity contribution is 7.89. The number of carbonyl (C=O) groups is 1. The SMILES string of the molecule is CCCNS(=O)(=O)c1ccc(/C=C/C(=O)O)cc1. The Balaban J connectivity index is 2.86. The maximum atomic E-state index is 11.7. The zero-order valence-electron chi connectivity index (χ0n) is 9.96. The van der Waals surface area contributed by atoms with Crippen molar-refractivity contribution in [1.29, 1.82) is 0 Å². The van der Waals surface area contributed by atoms with Gasteiger partial charge in [-0.3, -0.25) is 0 Å². The second kappa shape index (κ2) is 6.32. The van der Waals surface area contributed by atoms with Gasteiger partial charge < -0.3 is 5.11 Å². The van der Waals surface area contributed by atoms with Gasteiger partial charge in [0.05, 0.1) is 4.90 Å². The van der Waals surface area contributed by atoms with Crippen molar-refractivity contribution in [3.05, 3.63) is 35.9 Å². The van der Waals surface area contributed by atoms with Gasteiger partial charge >= 0.3 is 5.97 Å². The minimum atomic E-state index is -3.46. The Hall–Kier alpha value is -1.66. The first-order valence-corrected chi connectivity index (χ1v) is 6.95. The molecule has 0 aromatic heterocycles. The Morgan fingerprint density at radius 3 is 2.44 bits per heavy atom. The van der Waals surface area contributed by atoms with Gasteiger partial charge in [0.15, 0.2) is 0 Å². The van der Waals surface area contributed by atoms with E-state index in [4.69, 9.17) is 5.11 Å². The topological polar surface area (TPSA) is 83.5 Å². The Bertz CT molecular complexity index is 532. The molecule has 0 radical (unpaired) electrons. The minimum Gasteiger partial charge on any atom is -0.478 e. The third-order valence-electron chi connectivity index (χ3n) is 2.15. The summed E-state index contributed by atoms with van der Waals surface area (Å²) in [6, 6.07) is 6.00. The molecule has 0 aliphatic rings. The number of nitrogens with one attached hydrogen (secondary N) is 1. The average molecular weight is 269 g/mol. The predicted molar refractivity (Wildman–Crippen MR) is 68.6 cm³/mol. The predicted octanol–water partition coefficient (Wildman–Crippen LogP) is 1.47. The summed E-state index contributed by atoms with van der Waals surface area (Å²) in [7, 11) is -3.46. The quantitative estimate of drug-likeness (QED) is 0.766. The van der Waals surface area contributed by atoms with Gasteiger partial charge in [-0.1, -0.05) is 19.1 Å². The van der Waals surface area contributed by atoms with Crippen LogP contribution in [-0.4, -0.2) is 26.0 Å². The fraction of sp³-hybridized carbons (Fsp3) is 0.250. The van der Waals surface area contributed by atoms with E-state index in [0.717, 1.165) is 12.5 Å². The highest BCUT2D eigenvalue weighted by atomic mass is 32.2. The van der Waals surface area contributed by atoms with Crippen LogP contribution in [0, 0.1) is 0 Å². The van der Waals surface area contributed by atoms with Crippen molar-refractivity contribution in [3.63, 3.8) is 0 Å². The summed E-state index contributed by atoms with van der Waals surface area (Å²) in [5, 5.41) is 8.46. The lowest BCUT2D eigenvalue weighted by atomic mass is 10.2. The highest BCUT2D eigenvalue weighted by Gasteiger charge is 2.11. The zero-order chi connectivity index (χ0) is 13.6.